The zero-order chi connectivity index (χ0) is 24.1. The Labute approximate surface area is 199 Å². The molecule has 0 unspecified atom stereocenters. The molecule has 0 saturated heterocycles. The fourth-order valence-corrected chi connectivity index (χ4v) is 4.44. The van der Waals surface area contributed by atoms with E-state index in [1.165, 1.54) is 16.9 Å². The van der Waals surface area contributed by atoms with E-state index in [9.17, 15) is 4.79 Å². The Morgan fingerprint density at radius 2 is 1.70 bits per heavy atom. The number of aryl methyl sites for hydroxylation is 2. The molecule has 2 aromatic carbocycles. The highest BCUT2D eigenvalue weighted by Crippen LogP contribution is 2.38. The number of likely N-dealkylation sites (N-methyl/N-ethyl adjacent to an activating group) is 1. The zero-order valence-corrected chi connectivity index (χ0v) is 21.1. The number of aromatic nitrogens is 1. The van der Waals surface area contributed by atoms with Crippen molar-refractivity contribution in [2.24, 2.45) is 0 Å². The van der Waals surface area contributed by atoms with Crippen molar-refractivity contribution in [1.29, 1.82) is 0 Å². The van der Waals surface area contributed by atoms with Gasteiger partial charge in [0.25, 0.3) is 5.91 Å². The van der Waals surface area contributed by atoms with Crippen LogP contribution in [0.25, 0.3) is 16.3 Å². The third kappa shape index (κ3) is 5.46. The fraction of sp³-hybridized carbons (Fsp3) is 0.360. The van der Waals surface area contributed by atoms with E-state index < -0.39 is 0 Å². The molecular weight excluding hydrogens is 438 g/mol. The number of fused-ring (bicyclic) bond motifs is 1. The third-order valence-corrected chi connectivity index (χ3v) is 6.49. The Morgan fingerprint density at radius 1 is 1.03 bits per heavy atom. The highest BCUT2D eigenvalue weighted by molar-refractivity contribution is 7.22. The monoisotopic (exact) mass is 469 g/mol. The van der Waals surface area contributed by atoms with Crippen LogP contribution < -0.4 is 19.1 Å². The second-order valence-corrected chi connectivity index (χ2v) is 8.94. The third-order valence-electron chi connectivity index (χ3n) is 5.45. The van der Waals surface area contributed by atoms with Crippen LogP contribution in [-0.2, 0) is 4.79 Å². The number of benzene rings is 2. The number of carbonyl (C=O) groups is 1. The van der Waals surface area contributed by atoms with Gasteiger partial charge in [0.2, 0.25) is 5.75 Å². The second-order valence-electron chi connectivity index (χ2n) is 7.94. The summed E-state index contributed by atoms with van der Waals surface area (Å²) < 4.78 is 17.3. The highest BCUT2D eigenvalue weighted by Gasteiger charge is 2.19. The minimum Gasteiger partial charge on any atom is -0.493 e. The van der Waals surface area contributed by atoms with E-state index in [4.69, 9.17) is 19.2 Å². The first-order chi connectivity index (χ1) is 15.8. The number of methoxy groups -OCH3 is 3. The number of amides is 1. The summed E-state index contributed by atoms with van der Waals surface area (Å²) in [5.41, 5.74) is 4.04. The number of carbonyl (C=O) groups excluding carboxylic acids is 1. The van der Waals surface area contributed by atoms with Crippen molar-refractivity contribution in [2.75, 3.05) is 53.4 Å². The average Bonchev–Trinajstić information content (AvgIpc) is 3.23. The van der Waals surface area contributed by atoms with Crippen LogP contribution in [0.2, 0.25) is 0 Å². The summed E-state index contributed by atoms with van der Waals surface area (Å²) in [6.07, 6.45) is 3.30. The van der Waals surface area contributed by atoms with E-state index >= 15 is 0 Å². The molecule has 3 rings (SSSR count). The van der Waals surface area contributed by atoms with E-state index in [1.54, 1.807) is 50.5 Å². The maximum absolute atomic E-state index is 13.3. The molecule has 3 aromatic rings. The van der Waals surface area contributed by atoms with Crippen molar-refractivity contribution in [1.82, 2.24) is 9.88 Å². The van der Waals surface area contributed by atoms with Crippen LogP contribution in [0.3, 0.4) is 0 Å². The lowest BCUT2D eigenvalue weighted by Crippen LogP contribution is -2.35. The van der Waals surface area contributed by atoms with Gasteiger partial charge in [-0.1, -0.05) is 17.4 Å². The normalized spacial score (nSPS) is 11.4. The molecule has 0 spiro atoms. The standard InChI is InChI=1S/C25H31N3O4S/c1-16-8-10-21-23(17(16)2)26-25(33-21)28(13-12-27(3)4)22(29)11-9-18-14-19(30-5)24(32-7)20(15-18)31-6/h8-11,14-15H,12-13H2,1-7H3/b11-9+. The number of anilines is 1. The van der Waals surface area contributed by atoms with Gasteiger partial charge in [-0.15, -0.1) is 0 Å². The summed E-state index contributed by atoms with van der Waals surface area (Å²) >= 11 is 1.53. The second kappa shape index (κ2) is 10.7. The van der Waals surface area contributed by atoms with E-state index in [2.05, 4.69) is 26.0 Å². The highest BCUT2D eigenvalue weighted by atomic mass is 32.1. The van der Waals surface area contributed by atoms with Crippen LogP contribution in [0.1, 0.15) is 16.7 Å². The molecule has 176 valence electrons. The molecule has 0 aliphatic carbocycles. The molecule has 0 fully saturated rings. The number of hydrogen-bond acceptors (Lipinski definition) is 7. The van der Waals surface area contributed by atoms with Crippen LogP contribution >= 0.6 is 11.3 Å². The van der Waals surface area contributed by atoms with Crippen molar-refractivity contribution >= 4 is 38.7 Å². The molecule has 7 nitrogen and oxygen atoms in total. The van der Waals surface area contributed by atoms with E-state index in [0.717, 1.165) is 27.9 Å². The van der Waals surface area contributed by atoms with E-state index in [1.807, 2.05) is 19.0 Å². The summed E-state index contributed by atoms with van der Waals surface area (Å²) in [5, 5.41) is 0.695. The van der Waals surface area contributed by atoms with Gasteiger partial charge in [-0.05, 0) is 68.9 Å². The van der Waals surface area contributed by atoms with Gasteiger partial charge in [0, 0.05) is 19.2 Å². The molecule has 0 atom stereocenters. The molecule has 0 aliphatic rings. The largest absolute Gasteiger partial charge is 0.493 e. The van der Waals surface area contributed by atoms with Crippen LogP contribution in [0.5, 0.6) is 17.2 Å². The summed E-state index contributed by atoms with van der Waals surface area (Å²) in [7, 11) is 8.66. The lowest BCUT2D eigenvalue weighted by atomic mass is 10.1. The Hall–Kier alpha value is -3.10. The van der Waals surface area contributed by atoms with Crippen molar-refractivity contribution in [3.05, 3.63) is 47.0 Å². The lowest BCUT2D eigenvalue weighted by Gasteiger charge is -2.20. The SMILES string of the molecule is COc1cc(/C=C/C(=O)N(CCN(C)C)c2nc3c(C)c(C)ccc3s2)cc(OC)c1OC. The van der Waals surface area contributed by atoms with Gasteiger partial charge >= 0.3 is 0 Å². The molecule has 8 heteroatoms. The molecule has 0 radical (unpaired) electrons. The minimum atomic E-state index is -0.140. The van der Waals surface area contributed by atoms with Crippen LogP contribution in [-0.4, -0.2) is 64.3 Å². The van der Waals surface area contributed by atoms with Crippen molar-refractivity contribution < 1.29 is 19.0 Å². The predicted molar refractivity (Wildman–Crippen MR) is 135 cm³/mol. The summed E-state index contributed by atoms with van der Waals surface area (Å²) in [4.78, 5) is 21.9. The minimum absolute atomic E-state index is 0.140. The molecular formula is C25H31N3O4S. The van der Waals surface area contributed by atoms with Gasteiger partial charge < -0.3 is 19.1 Å². The maximum Gasteiger partial charge on any atom is 0.252 e. The van der Waals surface area contributed by atoms with Gasteiger partial charge in [-0.25, -0.2) is 4.98 Å². The van der Waals surface area contributed by atoms with E-state index in [0.29, 0.717) is 28.9 Å². The first-order valence-corrected chi connectivity index (χ1v) is 11.4. The first-order valence-electron chi connectivity index (χ1n) is 10.6. The molecule has 0 aliphatic heterocycles. The summed E-state index contributed by atoms with van der Waals surface area (Å²) in [6.45, 7) is 5.39. The smallest absolute Gasteiger partial charge is 0.252 e. The molecule has 33 heavy (non-hydrogen) atoms. The quantitative estimate of drug-likeness (QED) is 0.429. The van der Waals surface area contributed by atoms with Gasteiger partial charge in [0.15, 0.2) is 16.6 Å². The van der Waals surface area contributed by atoms with E-state index in [-0.39, 0.29) is 5.91 Å². The van der Waals surface area contributed by atoms with Crippen LogP contribution in [0.15, 0.2) is 30.3 Å². The molecule has 1 amide bonds. The van der Waals surface area contributed by atoms with Gasteiger partial charge in [-0.3, -0.25) is 9.69 Å². The predicted octanol–water partition coefficient (Wildman–Crippen LogP) is 4.55. The average molecular weight is 470 g/mol. The molecule has 0 N–H and O–H groups in total. The topological polar surface area (TPSA) is 64.1 Å². The molecule has 1 aromatic heterocycles. The van der Waals surface area contributed by atoms with Crippen molar-refractivity contribution in [3.63, 3.8) is 0 Å². The Kier molecular flexibility index (Phi) is 7.94. The maximum atomic E-state index is 13.3. The number of rotatable bonds is 9. The summed E-state index contributed by atoms with van der Waals surface area (Å²) in [6, 6.07) is 7.77. The Bertz CT molecular complexity index is 1140. The summed E-state index contributed by atoms with van der Waals surface area (Å²) in [5.74, 6) is 1.44. The zero-order valence-electron chi connectivity index (χ0n) is 20.3. The van der Waals surface area contributed by atoms with Crippen molar-refractivity contribution in [3.8, 4) is 17.2 Å². The molecule has 0 saturated carbocycles. The molecule has 0 bridgehead atoms. The fourth-order valence-electron chi connectivity index (χ4n) is 3.38. The van der Waals surface area contributed by atoms with Crippen LogP contribution in [0.4, 0.5) is 5.13 Å². The van der Waals surface area contributed by atoms with Gasteiger partial charge in [0.05, 0.1) is 31.5 Å². The number of thiazole rings is 1. The van der Waals surface area contributed by atoms with Gasteiger partial charge in [0.1, 0.15) is 0 Å². The lowest BCUT2D eigenvalue weighted by molar-refractivity contribution is -0.114. The number of hydrogen-bond donors (Lipinski definition) is 0. The first kappa shape index (κ1) is 24.5. The van der Waals surface area contributed by atoms with Crippen LogP contribution in [0, 0.1) is 13.8 Å². The van der Waals surface area contributed by atoms with Crippen molar-refractivity contribution in [2.45, 2.75) is 13.8 Å². The number of nitrogens with zero attached hydrogens (tertiary/aromatic N) is 3. The van der Waals surface area contributed by atoms with Gasteiger partial charge in [-0.2, -0.15) is 0 Å². The number of ether oxygens (including phenoxy) is 3. The Balaban J connectivity index is 1.95. The molecule has 1 heterocycles. The Morgan fingerprint density at radius 3 is 2.27 bits per heavy atom.